The Morgan fingerprint density at radius 3 is 2.58 bits per heavy atom. The van der Waals surface area contributed by atoms with Gasteiger partial charge >= 0.3 is 0 Å². The number of benzene rings is 1. The molecule has 124 valence electrons. The van der Waals surface area contributed by atoms with Crippen LogP contribution >= 0.6 is 0 Å². The van der Waals surface area contributed by atoms with Crippen LogP contribution in [0.5, 0.6) is 5.75 Å². The fourth-order valence-electron chi connectivity index (χ4n) is 2.71. The van der Waals surface area contributed by atoms with Crippen molar-refractivity contribution >= 4 is 5.65 Å². The Labute approximate surface area is 138 Å². The number of hydrogen-bond acceptors (Lipinski definition) is 4. The number of hydrogen-bond donors (Lipinski definition) is 1. The van der Waals surface area contributed by atoms with Gasteiger partial charge in [0.1, 0.15) is 5.82 Å². The maximum atomic E-state index is 12.9. The third kappa shape index (κ3) is 3.28. The summed E-state index contributed by atoms with van der Waals surface area (Å²) in [5.41, 5.74) is 2.29. The van der Waals surface area contributed by atoms with Gasteiger partial charge in [0, 0.05) is 24.8 Å². The van der Waals surface area contributed by atoms with Crippen LogP contribution in [0.1, 0.15) is 17.0 Å². The monoisotopic (exact) mass is 327 g/mol. The third-order valence-corrected chi connectivity index (χ3v) is 3.83. The fourth-order valence-corrected chi connectivity index (χ4v) is 2.71. The molecule has 0 unspecified atom stereocenters. The number of pyridine rings is 1. The molecule has 5 nitrogen and oxygen atoms in total. The van der Waals surface area contributed by atoms with E-state index < -0.39 is 0 Å². The van der Waals surface area contributed by atoms with Crippen molar-refractivity contribution in [2.75, 3.05) is 7.05 Å². The van der Waals surface area contributed by atoms with E-state index in [0.717, 1.165) is 5.56 Å². The topological polar surface area (TPSA) is 57.8 Å². The van der Waals surface area contributed by atoms with Gasteiger partial charge in [0.15, 0.2) is 11.4 Å². The number of nitrogens with zero attached hydrogens (tertiary/aromatic N) is 3. The highest BCUT2D eigenvalue weighted by molar-refractivity contribution is 5.53. The molecule has 0 aliphatic carbocycles. The first-order valence-electron chi connectivity index (χ1n) is 7.58. The summed E-state index contributed by atoms with van der Waals surface area (Å²) >= 11 is 0. The average molecular weight is 327 g/mol. The Bertz CT molecular complexity index is 935. The van der Waals surface area contributed by atoms with Gasteiger partial charge in [-0.25, -0.2) is 9.37 Å². The summed E-state index contributed by atoms with van der Waals surface area (Å²) in [6.45, 7) is 2.83. The summed E-state index contributed by atoms with van der Waals surface area (Å²) in [6, 6.07) is 11.0. The van der Waals surface area contributed by atoms with E-state index >= 15 is 0 Å². The maximum absolute atomic E-state index is 12.9. The highest BCUT2D eigenvalue weighted by Crippen LogP contribution is 2.17. The first-order valence-corrected chi connectivity index (χ1v) is 7.58. The van der Waals surface area contributed by atoms with E-state index in [1.807, 2.05) is 11.9 Å². The highest BCUT2D eigenvalue weighted by Gasteiger charge is 2.10. The van der Waals surface area contributed by atoms with Crippen LogP contribution in [-0.4, -0.2) is 26.4 Å². The summed E-state index contributed by atoms with van der Waals surface area (Å²) in [5, 5.41) is 9.97. The summed E-state index contributed by atoms with van der Waals surface area (Å²) < 4.78 is 14.3. The summed E-state index contributed by atoms with van der Waals surface area (Å²) in [4.78, 5) is 18.7. The normalized spacial score (nSPS) is 11.3. The molecule has 0 spiro atoms. The highest BCUT2D eigenvalue weighted by atomic mass is 19.1. The predicted octanol–water partition coefficient (Wildman–Crippen LogP) is 2.48. The van der Waals surface area contributed by atoms with E-state index in [0.29, 0.717) is 24.5 Å². The van der Waals surface area contributed by atoms with Crippen LogP contribution in [0, 0.1) is 12.7 Å². The number of aryl methyl sites for hydroxylation is 1. The SMILES string of the molecule is Cc1ccc(O)c2nc(CN(C)Cc3ccc(F)cc3)cc(=O)n12. The van der Waals surface area contributed by atoms with Crippen LogP contribution in [0.25, 0.3) is 5.65 Å². The Morgan fingerprint density at radius 1 is 1.17 bits per heavy atom. The zero-order chi connectivity index (χ0) is 17.3. The number of rotatable bonds is 4. The van der Waals surface area contributed by atoms with E-state index in [9.17, 15) is 14.3 Å². The van der Waals surface area contributed by atoms with Crippen LogP contribution in [0.4, 0.5) is 4.39 Å². The molecule has 0 amide bonds. The minimum atomic E-state index is -0.267. The van der Waals surface area contributed by atoms with Crippen molar-refractivity contribution in [1.29, 1.82) is 0 Å². The van der Waals surface area contributed by atoms with Gasteiger partial charge in [-0.2, -0.15) is 0 Å². The minimum Gasteiger partial charge on any atom is -0.504 e. The maximum Gasteiger partial charge on any atom is 0.258 e. The molecule has 2 heterocycles. The van der Waals surface area contributed by atoms with E-state index in [1.54, 1.807) is 25.1 Å². The Balaban J connectivity index is 1.86. The minimum absolute atomic E-state index is 0.0271. The molecule has 24 heavy (non-hydrogen) atoms. The molecule has 3 rings (SSSR count). The number of fused-ring (bicyclic) bond motifs is 1. The average Bonchev–Trinajstić information content (AvgIpc) is 2.53. The molecule has 3 aromatic rings. The lowest BCUT2D eigenvalue weighted by molar-refractivity contribution is 0.315. The third-order valence-electron chi connectivity index (χ3n) is 3.83. The van der Waals surface area contributed by atoms with Crippen molar-refractivity contribution in [1.82, 2.24) is 14.3 Å². The molecule has 1 N–H and O–H groups in total. The molecular formula is C18H18FN3O2. The van der Waals surface area contributed by atoms with E-state index in [2.05, 4.69) is 4.98 Å². The number of aromatic nitrogens is 2. The first-order chi connectivity index (χ1) is 11.4. The van der Waals surface area contributed by atoms with Crippen LogP contribution < -0.4 is 5.56 Å². The van der Waals surface area contributed by atoms with E-state index in [4.69, 9.17) is 0 Å². The van der Waals surface area contributed by atoms with E-state index in [1.165, 1.54) is 28.7 Å². The van der Waals surface area contributed by atoms with Gasteiger partial charge in [-0.15, -0.1) is 0 Å². The number of halogens is 1. The van der Waals surface area contributed by atoms with E-state index in [-0.39, 0.29) is 22.8 Å². The molecule has 0 aliphatic rings. The molecule has 0 saturated carbocycles. The molecule has 0 saturated heterocycles. The first kappa shape index (κ1) is 16.1. The summed E-state index contributed by atoms with van der Waals surface area (Å²) in [6.07, 6.45) is 0. The quantitative estimate of drug-likeness (QED) is 0.800. The van der Waals surface area contributed by atoms with Gasteiger partial charge in [0.25, 0.3) is 5.56 Å². The van der Waals surface area contributed by atoms with Gasteiger partial charge in [0.05, 0.1) is 5.69 Å². The lowest BCUT2D eigenvalue weighted by atomic mass is 10.2. The van der Waals surface area contributed by atoms with Gasteiger partial charge in [-0.1, -0.05) is 12.1 Å². The smallest absolute Gasteiger partial charge is 0.258 e. The van der Waals surface area contributed by atoms with Gasteiger partial charge in [-0.3, -0.25) is 14.1 Å². The van der Waals surface area contributed by atoms with Gasteiger partial charge in [-0.05, 0) is 43.8 Å². The molecule has 0 bridgehead atoms. The van der Waals surface area contributed by atoms with Crippen LogP contribution in [0.2, 0.25) is 0 Å². The van der Waals surface area contributed by atoms with Crippen molar-refractivity contribution in [3.05, 3.63) is 75.6 Å². The van der Waals surface area contributed by atoms with Crippen molar-refractivity contribution in [2.24, 2.45) is 0 Å². The molecule has 6 heteroatoms. The molecule has 0 atom stereocenters. The summed E-state index contributed by atoms with van der Waals surface area (Å²) in [5.74, 6) is -0.294. The summed E-state index contributed by atoms with van der Waals surface area (Å²) in [7, 11) is 1.89. The Hall–Kier alpha value is -2.73. The van der Waals surface area contributed by atoms with Crippen molar-refractivity contribution < 1.29 is 9.50 Å². The van der Waals surface area contributed by atoms with Crippen molar-refractivity contribution in [2.45, 2.75) is 20.0 Å². The second-order valence-corrected chi connectivity index (χ2v) is 5.90. The molecule has 0 radical (unpaired) electrons. The van der Waals surface area contributed by atoms with Crippen LogP contribution in [0.3, 0.4) is 0 Å². The zero-order valence-corrected chi connectivity index (χ0v) is 13.5. The standard InChI is InChI=1S/C18H18FN3O2/c1-12-3-8-16(23)18-20-15(9-17(24)22(12)18)11-21(2)10-13-4-6-14(19)7-5-13/h3-9,23H,10-11H2,1-2H3. The van der Waals surface area contributed by atoms with Crippen LogP contribution in [-0.2, 0) is 13.1 Å². The lowest BCUT2D eigenvalue weighted by Crippen LogP contribution is -2.22. The molecule has 0 aliphatic heterocycles. The molecule has 0 fully saturated rings. The molecule has 2 aromatic heterocycles. The molecular weight excluding hydrogens is 309 g/mol. The predicted molar refractivity (Wildman–Crippen MR) is 89.4 cm³/mol. The van der Waals surface area contributed by atoms with Gasteiger partial charge < -0.3 is 5.11 Å². The Kier molecular flexibility index (Phi) is 4.31. The zero-order valence-electron chi connectivity index (χ0n) is 13.5. The van der Waals surface area contributed by atoms with Gasteiger partial charge in [0.2, 0.25) is 0 Å². The lowest BCUT2D eigenvalue weighted by Gasteiger charge is -2.17. The molecule has 1 aromatic carbocycles. The largest absolute Gasteiger partial charge is 0.504 e. The van der Waals surface area contributed by atoms with Crippen molar-refractivity contribution in [3.8, 4) is 5.75 Å². The fraction of sp³-hybridized carbons (Fsp3) is 0.222. The second-order valence-electron chi connectivity index (χ2n) is 5.90. The van der Waals surface area contributed by atoms with Crippen LogP contribution in [0.15, 0.2) is 47.3 Å². The van der Waals surface area contributed by atoms with Crippen molar-refractivity contribution in [3.63, 3.8) is 0 Å². The Morgan fingerprint density at radius 2 is 1.88 bits per heavy atom. The second kappa shape index (κ2) is 6.41. The number of aromatic hydroxyl groups is 1.